The minimum atomic E-state index is -0.370. The normalized spacial score (nSPS) is 55.4. The fourth-order valence-corrected chi connectivity index (χ4v) is 6.42. The number of hydrogen-bond donors (Lipinski definition) is 1. The van der Waals surface area contributed by atoms with Crippen LogP contribution in [0.1, 0.15) is 46.0 Å². The molecule has 5 rings (SSSR count). The summed E-state index contributed by atoms with van der Waals surface area (Å²) in [4.78, 5) is 2.52. The third kappa shape index (κ3) is 2.12. The first-order valence-electron chi connectivity index (χ1n) is 8.11. The highest BCUT2D eigenvalue weighted by Crippen LogP contribution is 2.66. The number of nitrogens with zero attached hydrogens (tertiary/aromatic N) is 1. The van der Waals surface area contributed by atoms with Crippen molar-refractivity contribution in [2.24, 2.45) is 16.6 Å². The lowest BCUT2D eigenvalue weighted by atomic mass is 9.48. The Bertz CT molecular complexity index is 365. The van der Waals surface area contributed by atoms with Crippen molar-refractivity contribution in [3.05, 3.63) is 0 Å². The number of rotatable bonds is 2. The summed E-state index contributed by atoms with van der Waals surface area (Å²) >= 11 is 0. The monoisotopic (exact) mass is 280 g/mol. The van der Waals surface area contributed by atoms with Crippen LogP contribution < -0.4 is 5.73 Å². The van der Waals surface area contributed by atoms with Crippen molar-refractivity contribution in [3.63, 3.8) is 0 Å². The summed E-state index contributed by atoms with van der Waals surface area (Å²) in [5.41, 5.74) is 7.00. The van der Waals surface area contributed by atoms with E-state index < -0.39 is 0 Å². The standard InChI is InChI=1S/C16H28N2O2/c1-13-7-14(2)9-15(8-13,20-16(17,10-13)11-14)12-18-3-5-19-6-4-18/h3-12,17H2,1-2H3. The molecular weight excluding hydrogens is 252 g/mol. The topological polar surface area (TPSA) is 47.7 Å². The third-order valence-electron chi connectivity index (χ3n) is 5.84. The predicted octanol–water partition coefficient (Wildman–Crippen LogP) is 1.73. The number of nitrogens with two attached hydrogens (primary N) is 1. The van der Waals surface area contributed by atoms with Gasteiger partial charge in [0.25, 0.3) is 0 Å². The van der Waals surface area contributed by atoms with Crippen LogP contribution in [-0.2, 0) is 9.47 Å². The highest BCUT2D eigenvalue weighted by molar-refractivity contribution is 5.15. The van der Waals surface area contributed by atoms with E-state index in [9.17, 15) is 0 Å². The van der Waals surface area contributed by atoms with Crippen LogP contribution >= 0.6 is 0 Å². The van der Waals surface area contributed by atoms with Gasteiger partial charge in [-0.25, -0.2) is 0 Å². The van der Waals surface area contributed by atoms with Crippen LogP contribution in [0.2, 0.25) is 0 Å². The zero-order valence-corrected chi connectivity index (χ0v) is 12.9. The summed E-state index contributed by atoms with van der Waals surface area (Å²) in [6, 6.07) is 0. The minimum Gasteiger partial charge on any atom is -0.379 e. The predicted molar refractivity (Wildman–Crippen MR) is 77.3 cm³/mol. The average Bonchev–Trinajstić information content (AvgIpc) is 2.22. The van der Waals surface area contributed by atoms with E-state index in [0.717, 1.165) is 45.7 Å². The van der Waals surface area contributed by atoms with Crippen LogP contribution in [0.5, 0.6) is 0 Å². The maximum absolute atomic E-state index is 6.62. The molecule has 2 atom stereocenters. The first kappa shape index (κ1) is 13.5. The van der Waals surface area contributed by atoms with E-state index in [1.807, 2.05) is 0 Å². The average molecular weight is 280 g/mol. The number of morpholine rings is 1. The minimum absolute atomic E-state index is 0.00958. The molecule has 20 heavy (non-hydrogen) atoms. The molecule has 5 fully saturated rings. The Morgan fingerprint density at radius 3 is 2.10 bits per heavy atom. The highest BCUT2D eigenvalue weighted by Gasteiger charge is 2.65. The maximum Gasteiger partial charge on any atom is 0.118 e. The molecule has 5 aliphatic rings. The van der Waals surface area contributed by atoms with Crippen molar-refractivity contribution in [2.45, 2.75) is 57.3 Å². The van der Waals surface area contributed by atoms with Crippen molar-refractivity contribution in [2.75, 3.05) is 32.8 Å². The van der Waals surface area contributed by atoms with Gasteiger partial charge in [-0.2, -0.15) is 0 Å². The summed E-state index contributed by atoms with van der Waals surface area (Å²) in [6.07, 6.45) is 5.78. The second kappa shape index (κ2) is 3.97. The van der Waals surface area contributed by atoms with E-state index in [-0.39, 0.29) is 11.3 Å². The largest absolute Gasteiger partial charge is 0.379 e. The van der Waals surface area contributed by atoms with Crippen LogP contribution in [0, 0.1) is 10.8 Å². The van der Waals surface area contributed by atoms with Crippen LogP contribution in [0.3, 0.4) is 0 Å². The van der Waals surface area contributed by atoms with Crippen molar-refractivity contribution in [3.8, 4) is 0 Å². The molecule has 0 aromatic heterocycles. The third-order valence-corrected chi connectivity index (χ3v) is 5.84. The molecule has 2 aliphatic carbocycles. The van der Waals surface area contributed by atoms with E-state index >= 15 is 0 Å². The van der Waals surface area contributed by atoms with Gasteiger partial charge in [0.05, 0.1) is 18.8 Å². The van der Waals surface area contributed by atoms with Crippen molar-refractivity contribution < 1.29 is 9.47 Å². The lowest BCUT2D eigenvalue weighted by Crippen LogP contribution is -2.72. The number of ether oxygens (including phenoxy) is 2. The second-order valence-corrected chi connectivity index (χ2v) is 8.74. The molecule has 0 aromatic carbocycles. The molecule has 0 spiro atoms. The Morgan fingerprint density at radius 1 is 0.950 bits per heavy atom. The van der Waals surface area contributed by atoms with E-state index in [4.69, 9.17) is 15.2 Å². The van der Waals surface area contributed by atoms with Gasteiger partial charge in [0.2, 0.25) is 0 Å². The molecular formula is C16H28N2O2. The van der Waals surface area contributed by atoms with Crippen molar-refractivity contribution in [1.82, 2.24) is 4.90 Å². The molecule has 3 saturated heterocycles. The van der Waals surface area contributed by atoms with Crippen LogP contribution in [0.25, 0.3) is 0 Å². The van der Waals surface area contributed by atoms with E-state index in [1.54, 1.807) is 0 Å². The van der Waals surface area contributed by atoms with Gasteiger partial charge in [0.15, 0.2) is 0 Å². The Balaban J connectivity index is 1.61. The van der Waals surface area contributed by atoms with Crippen LogP contribution in [-0.4, -0.2) is 49.1 Å². The molecule has 4 bridgehead atoms. The van der Waals surface area contributed by atoms with Crippen molar-refractivity contribution in [1.29, 1.82) is 0 Å². The molecule has 2 N–H and O–H groups in total. The Labute approximate surface area is 122 Å². The first-order chi connectivity index (χ1) is 9.32. The fraction of sp³-hybridized carbons (Fsp3) is 1.00. The second-order valence-electron chi connectivity index (χ2n) is 8.74. The molecule has 2 saturated carbocycles. The molecule has 114 valence electrons. The van der Waals surface area contributed by atoms with Gasteiger partial charge >= 0.3 is 0 Å². The molecule has 3 aliphatic heterocycles. The van der Waals surface area contributed by atoms with Crippen molar-refractivity contribution >= 4 is 0 Å². The highest BCUT2D eigenvalue weighted by atomic mass is 16.5. The first-order valence-corrected chi connectivity index (χ1v) is 8.11. The van der Waals surface area contributed by atoms with E-state index in [0.29, 0.717) is 10.8 Å². The molecule has 3 heterocycles. The maximum atomic E-state index is 6.62. The van der Waals surface area contributed by atoms with Gasteiger partial charge in [-0.15, -0.1) is 0 Å². The fourth-order valence-electron chi connectivity index (χ4n) is 6.42. The Kier molecular flexibility index (Phi) is 2.68. The van der Waals surface area contributed by atoms with E-state index in [2.05, 4.69) is 18.7 Å². The number of hydrogen-bond acceptors (Lipinski definition) is 4. The Morgan fingerprint density at radius 2 is 1.55 bits per heavy atom. The van der Waals surface area contributed by atoms with Gasteiger partial charge in [-0.3, -0.25) is 4.90 Å². The molecule has 2 unspecified atom stereocenters. The summed E-state index contributed by atoms with van der Waals surface area (Å²) in [5, 5.41) is 0. The lowest BCUT2D eigenvalue weighted by molar-refractivity contribution is -0.318. The molecule has 0 amide bonds. The molecule has 4 nitrogen and oxygen atoms in total. The summed E-state index contributed by atoms with van der Waals surface area (Å²) in [7, 11) is 0. The SMILES string of the molecule is CC12CC3(C)CC(N)(C1)OC(CN1CCOCC1)(C2)C3. The van der Waals surface area contributed by atoms with Gasteiger partial charge in [0.1, 0.15) is 5.72 Å². The lowest BCUT2D eigenvalue weighted by Gasteiger charge is -2.68. The molecule has 4 heteroatoms. The van der Waals surface area contributed by atoms with E-state index in [1.165, 1.54) is 19.3 Å². The summed E-state index contributed by atoms with van der Waals surface area (Å²) in [6.45, 7) is 9.70. The van der Waals surface area contributed by atoms with Crippen LogP contribution in [0.4, 0.5) is 0 Å². The molecule has 0 radical (unpaired) electrons. The van der Waals surface area contributed by atoms with Gasteiger partial charge in [-0.05, 0) is 42.9 Å². The zero-order valence-electron chi connectivity index (χ0n) is 12.9. The van der Waals surface area contributed by atoms with Crippen LogP contribution in [0.15, 0.2) is 0 Å². The van der Waals surface area contributed by atoms with Gasteiger partial charge in [0, 0.05) is 19.6 Å². The van der Waals surface area contributed by atoms with Gasteiger partial charge < -0.3 is 15.2 Å². The Hall–Kier alpha value is -0.160. The quantitative estimate of drug-likeness (QED) is 0.837. The van der Waals surface area contributed by atoms with Gasteiger partial charge in [-0.1, -0.05) is 13.8 Å². The summed E-state index contributed by atoms with van der Waals surface area (Å²) in [5.74, 6) is 0. The summed E-state index contributed by atoms with van der Waals surface area (Å²) < 4.78 is 12.0. The molecule has 0 aromatic rings. The smallest absolute Gasteiger partial charge is 0.118 e. The zero-order chi connectivity index (χ0) is 14.1.